The molecule has 51 heavy (non-hydrogen) atoms. The molecule has 11 rings (SSSR count). The Balaban J connectivity index is 1.20. The summed E-state index contributed by atoms with van der Waals surface area (Å²) in [5, 5.41) is 7.06. The minimum Gasteiger partial charge on any atom is -0.455 e. The van der Waals surface area contributed by atoms with E-state index < -0.39 is 0 Å². The van der Waals surface area contributed by atoms with Crippen molar-refractivity contribution in [1.29, 1.82) is 0 Å². The molecule has 0 atom stereocenters. The van der Waals surface area contributed by atoms with E-state index in [0.29, 0.717) is 17.5 Å². The Hall–Kier alpha value is -6.91. The summed E-state index contributed by atoms with van der Waals surface area (Å²) < 4.78 is 6.91. The van der Waals surface area contributed by atoms with Crippen molar-refractivity contribution in [2.75, 3.05) is 0 Å². The lowest BCUT2D eigenvalue weighted by Crippen LogP contribution is -2.00. The summed E-state index contributed by atoms with van der Waals surface area (Å²) in [6.45, 7) is 0. The van der Waals surface area contributed by atoms with Crippen LogP contribution in [0.4, 0.5) is 0 Å². The van der Waals surface area contributed by atoms with Crippen molar-refractivity contribution in [3.8, 4) is 67.5 Å². The molecule has 8 aromatic carbocycles. The van der Waals surface area contributed by atoms with Gasteiger partial charge in [-0.3, -0.25) is 0 Å². The maximum atomic E-state index is 6.91. The Labute approximate surface area is 293 Å². The van der Waals surface area contributed by atoms with Gasteiger partial charge >= 0.3 is 0 Å². The highest BCUT2D eigenvalue weighted by Gasteiger charge is 2.26. The van der Waals surface area contributed by atoms with Crippen molar-refractivity contribution in [3.05, 3.63) is 164 Å². The van der Waals surface area contributed by atoms with Crippen LogP contribution in [0.15, 0.2) is 168 Å². The summed E-state index contributed by atoms with van der Waals surface area (Å²) in [7, 11) is 0. The van der Waals surface area contributed by atoms with Crippen LogP contribution in [0.1, 0.15) is 0 Å². The molecule has 2 aromatic heterocycles. The Morgan fingerprint density at radius 2 is 0.863 bits per heavy atom. The molecule has 4 nitrogen and oxygen atoms in total. The lowest BCUT2D eigenvalue weighted by Gasteiger charge is -2.14. The molecule has 0 N–H and O–H groups in total. The normalized spacial score (nSPS) is 11.9. The summed E-state index contributed by atoms with van der Waals surface area (Å²) >= 11 is 0. The summed E-state index contributed by atoms with van der Waals surface area (Å²) in [6, 6.07) is 57.3. The lowest BCUT2D eigenvalue weighted by atomic mass is 9.90. The van der Waals surface area contributed by atoms with Crippen molar-refractivity contribution < 1.29 is 4.42 Å². The van der Waals surface area contributed by atoms with Gasteiger partial charge in [-0.15, -0.1) is 0 Å². The molecule has 236 valence electrons. The van der Waals surface area contributed by atoms with Gasteiger partial charge in [-0.2, -0.15) is 0 Å². The molecule has 0 saturated carbocycles. The van der Waals surface area contributed by atoms with Crippen LogP contribution in [0.5, 0.6) is 0 Å². The van der Waals surface area contributed by atoms with E-state index in [2.05, 4.69) is 103 Å². The summed E-state index contributed by atoms with van der Waals surface area (Å²) in [5.41, 5.74) is 11.5. The fourth-order valence-corrected chi connectivity index (χ4v) is 7.97. The first-order valence-corrected chi connectivity index (χ1v) is 17.2. The maximum Gasteiger partial charge on any atom is 0.164 e. The Morgan fingerprint density at radius 3 is 1.55 bits per heavy atom. The van der Waals surface area contributed by atoms with E-state index in [9.17, 15) is 0 Å². The summed E-state index contributed by atoms with van der Waals surface area (Å²) in [6.07, 6.45) is 0. The van der Waals surface area contributed by atoms with Gasteiger partial charge in [-0.25, -0.2) is 15.0 Å². The highest BCUT2D eigenvalue weighted by molar-refractivity contribution is 6.27. The van der Waals surface area contributed by atoms with Gasteiger partial charge in [-0.05, 0) is 73.6 Å². The number of furan rings is 1. The molecule has 0 aliphatic heterocycles. The third kappa shape index (κ3) is 4.23. The molecular weight excluding hydrogens is 623 g/mol. The molecule has 0 unspecified atom stereocenters. The zero-order chi connectivity index (χ0) is 33.5. The number of hydrogen-bond acceptors (Lipinski definition) is 4. The average Bonchev–Trinajstić information content (AvgIpc) is 3.55. The van der Waals surface area contributed by atoms with Gasteiger partial charge < -0.3 is 4.42 Å². The molecule has 0 spiro atoms. The van der Waals surface area contributed by atoms with Crippen LogP contribution in [0.3, 0.4) is 0 Å². The smallest absolute Gasteiger partial charge is 0.164 e. The highest BCUT2D eigenvalue weighted by atomic mass is 16.3. The largest absolute Gasteiger partial charge is 0.455 e. The van der Waals surface area contributed by atoms with Crippen LogP contribution < -0.4 is 0 Å². The number of benzene rings is 8. The fourth-order valence-electron chi connectivity index (χ4n) is 7.97. The van der Waals surface area contributed by atoms with Crippen molar-refractivity contribution in [1.82, 2.24) is 15.0 Å². The summed E-state index contributed by atoms with van der Waals surface area (Å²) in [5.74, 6) is 1.89. The topological polar surface area (TPSA) is 51.8 Å². The molecule has 0 fully saturated rings. The molecule has 0 radical (unpaired) electrons. The minimum atomic E-state index is 0.620. The molecule has 1 aliphatic rings. The second-order valence-electron chi connectivity index (χ2n) is 13.1. The number of aromatic nitrogens is 3. The van der Waals surface area contributed by atoms with E-state index in [4.69, 9.17) is 19.4 Å². The van der Waals surface area contributed by atoms with Crippen LogP contribution in [-0.2, 0) is 0 Å². The van der Waals surface area contributed by atoms with Gasteiger partial charge in [0.15, 0.2) is 17.5 Å². The molecule has 10 aromatic rings. The maximum absolute atomic E-state index is 6.91. The number of rotatable bonds is 4. The van der Waals surface area contributed by atoms with Crippen LogP contribution in [-0.4, -0.2) is 15.0 Å². The van der Waals surface area contributed by atoms with E-state index in [1.165, 1.54) is 33.0 Å². The Morgan fingerprint density at radius 1 is 0.333 bits per heavy atom. The molecule has 0 amide bonds. The van der Waals surface area contributed by atoms with Gasteiger partial charge in [0, 0.05) is 33.0 Å². The van der Waals surface area contributed by atoms with Gasteiger partial charge in [-0.1, -0.05) is 140 Å². The van der Waals surface area contributed by atoms with E-state index in [1.54, 1.807) is 0 Å². The van der Waals surface area contributed by atoms with Gasteiger partial charge in [0.05, 0.1) is 0 Å². The number of nitrogens with zero attached hydrogens (tertiary/aromatic N) is 3. The van der Waals surface area contributed by atoms with Crippen molar-refractivity contribution >= 4 is 43.5 Å². The molecule has 4 heteroatoms. The minimum absolute atomic E-state index is 0.620. The van der Waals surface area contributed by atoms with Gasteiger partial charge in [0.1, 0.15) is 11.2 Å². The van der Waals surface area contributed by atoms with E-state index >= 15 is 0 Å². The molecular formula is C47H27N3O. The first-order chi connectivity index (χ1) is 25.3. The summed E-state index contributed by atoms with van der Waals surface area (Å²) in [4.78, 5) is 15.1. The zero-order valence-electron chi connectivity index (χ0n) is 27.3. The predicted molar refractivity (Wildman–Crippen MR) is 208 cm³/mol. The van der Waals surface area contributed by atoms with Crippen molar-refractivity contribution in [3.63, 3.8) is 0 Å². The van der Waals surface area contributed by atoms with E-state index in [1.807, 2.05) is 60.7 Å². The molecule has 1 aliphatic carbocycles. The zero-order valence-corrected chi connectivity index (χ0v) is 27.3. The third-order valence-corrected chi connectivity index (χ3v) is 10.2. The first kappa shape index (κ1) is 28.0. The molecule has 2 heterocycles. The fraction of sp³-hybridized carbons (Fsp3) is 0. The Kier molecular flexibility index (Phi) is 5.92. The van der Waals surface area contributed by atoms with E-state index in [-0.39, 0.29) is 0 Å². The second-order valence-corrected chi connectivity index (χ2v) is 13.1. The van der Waals surface area contributed by atoms with Crippen LogP contribution in [0, 0.1) is 0 Å². The quantitative estimate of drug-likeness (QED) is 0.190. The molecule has 0 bridgehead atoms. The highest BCUT2D eigenvalue weighted by Crippen LogP contribution is 2.51. The third-order valence-electron chi connectivity index (χ3n) is 10.2. The van der Waals surface area contributed by atoms with Crippen LogP contribution >= 0.6 is 0 Å². The SMILES string of the molecule is c1ccc(-c2nc(-c3ccccc3)nc(-c3cc(-c4ccc5c6c4oc4cccc(c46)-c4cccc6cccc-5c46)c4ccccc4c3)n2)cc1. The van der Waals surface area contributed by atoms with Crippen LogP contribution in [0.25, 0.3) is 111 Å². The van der Waals surface area contributed by atoms with Crippen molar-refractivity contribution in [2.45, 2.75) is 0 Å². The van der Waals surface area contributed by atoms with Crippen LogP contribution in [0.2, 0.25) is 0 Å². The Bertz CT molecular complexity index is 2960. The molecule has 0 saturated heterocycles. The lowest BCUT2D eigenvalue weighted by molar-refractivity contribution is 0.670. The standard InChI is InChI=1S/C47H27N3O/c1-3-12-29(13-4-1)45-48-46(30-14-5-2-6-15-30)50-47(49-45)32-26-31-16-7-8-19-33(31)39(27-32)38-25-24-37-35-21-10-18-28-17-9-20-34(41(28)35)36-22-11-23-40-42(36)43(37)44(38)51-40/h1-27H. The average molecular weight is 650 g/mol. The first-order valence-electron chi connectivity index (χ1n) is 17.2. The van der Waals surface area contributed by atoms with E-state index in [0.717, 1.165) is 60.5 Å². The monoisotopic (exact) mass is 649 g/mol. The second kappa shape index (κ2) is 10.8. The van der Waals surface area contributed by atoms with Gasteiger partial charge in [0.2, 0.25) is 0 Å². The van der Waals surface area contributed by atoms with Crippen molar-refractivity contribution in [2.24, 2.45) is 0 Å². The number of fused-ring (bicyclic) bond motifs is 3. The number of hydrogen-bond donors (Lipinski definition) is 0. The predicted octanol–water partition coefficient (Wildman–Crippen LogP) is 12.4. The van der Waals surface area contributed by atoms with Gasteiger partial charge in [0.25, 0.3) is 0 Å².